The molecule has 0 aromatic carbocycles. The van der Waals surface area contributed by atoms with Gasteiger partial charge in [-0.15, -0.1) is 0 Å². The van der Waals surface area contributed by atoms with E-state index < -0.39 is 0 Å². The van der Waals surface area contributed by atoms with Crippen LogP contribution in [-0.4, -0.2) is 18.7 Å². The number of amides is 1. The van der Waals surface area contributed by atoms with Gasteiger partial charge in [0.05, 0.1) is 6.10 Å². The summed E-state index contributed by atoms with van der Waals surface area (Å²) in [4.78, 5) is 10.9. The molecule has 1 amide bonds. The summed E-state index contributed by atoms with van der Waals surface area (Å²) in [6.45, 7) is 4.46. The van der Waals surface area contributed by atoms with Crippen molar-refractivity contribution in [2.75, 3.05) is 6.54 Å². The average molecular weight is 171 g/mol. The Morgan fingerprint density at radius 1 is 1.58 bits per heavy atom. The third-order valence-electron chi connectivity index (χ3n) is 1.86. The maximum atomic E-state index is 10.9. The van der Waals surface area contributed by atoms with Crippen molar-refractivity contribution in [3.63, 3.8) is 0 Å². The van der Waals surface area contributed by atoms with Crippen molar-refractivity contribution in [3.8, 4) is 0 Å². The minimum Gasteiger partial charge on any atom is -0.447 e. The molecule has 0 heterocycles. The first-order chi connectivity index (χ1) is 5.68. The standard InChI is InChI=1S/C9H17NO2/c1-7(2)12-9(11)10-6-5-8-3-4-8/h7-8H,3-6H2,1-2H3,(H,10,11). The van der Waals surface area contributed by atoms with E-state index in [0.29, 0.717) is 0 Å². The lowest BCUT2D eigenvalue weighted by atomic mass is 10.3. The summed E-state index contributed by atoms with van der Waals surface area (Å²) in [6.07, 6.45) is 3.46. The molecule has 1 fully saturated rings. The number of rotatable bonds is 4. The molecule has 3 heteroatoms. The molecule has 1 saturated carbocycles. The van der Waals surface area contributed by atoms with Gasteiger partial charge < -0.3 is 10.1 Å². The van der Waals surface area contributed by atoms with Gasteiger partial charge in [-0.3, -0.25) is 0 Å². The van der Waals surface area contributed by atoms with E-state index in [9.17, 15) is 4.79 Å². The molecule has 1 N–H and O–H groups in total. The van der Waals surface area contributed by atoms with Crippen LogP contribution in [0.25, 0.3) is 0 Å². The van der Waals surface area contributed by atoms with Crippen LogP contribution in [0.3, 0.4) is 0 Å². The minimum atomic E-state index is -0.286. The zero-order chi connectivity index (χ0) is 8.97. The number of hydrogen-bond acceptors (Lipinski definition) is 2. The summed E-state index contributed by atoms with van der Waals surface area (Å²) < 4.78 is 4.90. The van der Waals surface area contributed by atoms with Gasteiger partial charge in [-0.25, -0.2) is 4.79 Å². The van der Waals surface area contributed by atoms with Gasteiger partial charge in [-0.2, -0.15) is 0 Å². The summed E-state index contributed by atoms with van der Waals surface area (Å²) in [6, 6.07) is 0. The molecular weight excluding hydrogens is 154 g/mol. The summed E-state index contributed by atoms with van der Waals surface area (Å²) in [7, 11) is 0. The molecule has 70 valence electrons. The van der Waals surface area contributed by atoms with Gasteiger partial charge >= 0.3 is 6.09 Å². The maximum Gasteiger partial charge on any atom is 0.407 e. The molecule has 0 unspecified atom stereocenters. The van der Waals surface area contributed by atoms with Gasteiger partial charge in [0, 0.05) is 6.54 Å². The molecular formula is C9H17NO2. The summed E-state index contributed by atoms with van der Waals surface area (Å²) in [5.74, 6) is 0.865. The van der Waals surface area contributed by atoms with Crippen LogP contribution in [0.5, 0.6) is 0 Å². The fourth-order valence-corrected chi connectivity index (χ4v) is 1.04. The van der Waals surface area contributed by atoms with Crippen molar-refractivity contribution in [2.24, 2.45) is 5.92 Å². The minimum absolute atomic E-state index is 0.0223. The van der Waals surface area contributed by atoms with Crippen LogP contribution in [0.15, 0.2) is 0 Å². The molecule has 0 aromatic heterocycles. The molecule has 1 aliphatic carbocycles. The van der Waals surface area contributed by atoms with Gasteiger partial charge in [-0.05, 0) is 26.2 Å². The Kier molecular flexibility index (Phi) is 3.38. The molecule has 0 aromatic rings. The first kappa shape index (κ1) is 9.36. The first-order valence-corrected chi connectivity index (χ1v) is 4.63. The number of carbonyl (C=O) groups excluding carboxylic acids is 1. The highest BCUT2D eigenvalue weighted by Crippen LogP contribution is 2.31. The third-order valence-corrected chi connectivity index (χ3v) is 1.86. The number of ether oxygens (including phenoxy) is 1. The molecule has 0 bridgehead atoms. The van der Waals surface area contributed by atoms with Crippen LogP contribution in [0.2, 0.25) is 0 Å². The van der Waals surface area contributed by atoms with E-state index in [4.69, 9.17) is 4.74 Å². The lowest BCUT2D eigenvalue weighted by Gasteiger charge is -2.08. The van der Waals surface area contributed by atoms with Gasteiger partial charge in [-0.1, -0.05) is 12.8 Å². The van der Waals surface area contributed by atoms with E-state index in [2.05, 4.69) is 5.32 Å². The van der Waals surface area contributed by atoms with Crippen molar-refractivity contribution in [2.45, 2.75) is 39.2 Å². The fraction of sp³-hybridized carbons (Fsp3) is 0.889. The van der Waals surface area contributed by atoms with E-state index in [1.54, 1.807) is 0 Å². The second-order valence-corrected chi connectivity index (χ2v) is 3.61. The smallest absolute Gasteiger partial charge is 0.407 e. The van der Waals surface area contributed by atoms with E-state index in [1.165, 1.54) is 12.8 Å². The topological polar surface area (TPSA) is 38.3 Å². The lowest BCUT2D eigenvalue weighted by Crippen LogP contribution is -2.27. The summed E-state index contributed by atoms with van der Waals surface area (Å²) in [5, 5.41) is 2.72. The quantitative estimate of drug-likeness (QED) is 0.701. The zero-order valence-corrected chi connectivity index (χ0v) is 7.80. The Morgan fingerprint density at radius 3 is 2.75 bits per heavy atom. The highest BCUT2D eigenvalue weighted by molar-refractivity contribution is 5.67. The maximum absolute atomic E-state index is 10.9. The molecule has 12 heavy (non-hydrogen) atoms. The van der Waals surface area contributed by atoms with Crippen LogP contribution in [-0.2, 0) is 4.74 Å². The van der Waals surface area contributed by atoms with Crippen LogP contribution in [0, 0.1) is 5.92 Å². The van der Waals surface area contributed by atoms with Gasteiger partial charge in [0.2, 0.25) is 0 Å². The first-order valence-electron chi connectivity index (χ1n) is 4.63. The number of alkyl carbamates (subject to hydrolysis) is 1. The molecule has 0 radical (unpaired) electrons. The Balaban J connectivity index is 1.93. The van der Waals surface area contributed by atoms with Gasteiger partial charge in [0.1, 0.15) is 0 Å². The molecule has 1 rings (SSSR count). The monoisotopic (exact) mass is 171 g/mol. The van der Waals surface area contributed by atoms with Crippen molar-refractivity contribution in [1.29, 1.82) is 0 Å². The van der Waals surface area contributed by atoms with Crippen LogP contribution in [0.4, 0.5) is 4.79 Å². The Morgan fingerprint density at radius 2 is 2.25 bits per heavy atom. The second-order valence-electron chi connectivity index (χ2n) is 3.61. The number of hydrogen-bond donors (Lipinski definition) is 1. The summed E-state index contributed by atoms with van der Waals surface area (Å²) in [5.41, 5.74) is 0. The van der Waals surface area contributed by atoms with Crippen molar-refractivity contribution >= 4 is 6.09 Å². The van der Waals surface area contributed by atoms with E-state index in [0.717, 1.165) is 18.9 Å². The predicted molar refractivity (Wildman–Crippen MR) is 47.0 cm³/mol. The highest BCUT2D eigenvalue weighted by Gasteiger charge is 2.20. The SMILES string of the molecule is CC(C)OC(=O)NCCC1CC1. The Bertz CT molecular complexity index is 153. The predicted octanol–water partition coefficient (Wildman–Crippen LogP) is 1.92. The summed E-state index contributed by atoms with van der Waals surface area (Å²) >= 11 is 0. The normalized spacial score (nSPS) is 16.2. The zero-order valence-electron chi connectivity index (χ0n) is 7.80. The molecule has 0 spiro atoms. The van der Waals surface area contributed by atoms with E-state index in [1.807, 2.05) is 13.8 Å². The van der Waals surface area contributed by atoms with Crippen molar-refractivity contribution in [1.82, 2.24) is 5.32 Å². The van der Waals surface area contributed by atoms with Gasteiger partial charge in [0.25, 0.3) is 0 Å². The van der Waals surface area contributed by atoms with Crippen LogP contribution in [0.1, 0.15) is 33.1 Å². The molecule has 0 saturated heterocycles. The Hall–Kier alpha value is -0.730. The number of nitrogens with one attached hydrogen (secondary N) is 1. The highest BCUT2D eigenvalue weighted by atomic mass is 16.6. The van der Waals surface area contributed by atoms with E-state index in [-0.39, 0.29) is 12.2 Å². The van der Waals surface area contributed by atoms with Crippen LogP contribution >= 0.6 is 0 Å². The van der Waals surface area contributed by atoms with Gasteiger partial charge in [0.15, 0.2) is 0 Å². The molecule has 0 aliphatic heterocycles. The second kappa shape index (κ2) is 4.33. The molecule has 0 atom stereocenters. The third kappa shape index (κ3) is 4.21. The van der Waals surface area contributed by atoms with Crippen molar-refractivity contribution in [3.05, 3.63) is 0 Å². The Labute approximate surface area is 73.5 Å². The number of carbonyl (C=O) groups is 1. The van der Waals surface area contributed by atoms with E-state index >= 15 is 0 Å². The fourth-order valence-electron chi connectivity index (χ4n) is 1.04. The van der Waals surface area contributed by atoms with Crippen LogP contribution < -0.4 is 5.32 Å². The largest absolute Gasteiger partial charge is 0.447 e. The molecule has 3 nitrogen and oxygen atoms in total. The average Bonchev–Trinajstić information content (AvgIpc) is 2.69. The molecule has 1 aliphatic rings. The van der Waals surface area contributed by atoms with Crippen molar-refractivity contribution < 1.29 is 9.53 Å². The lowest BCUT2D eigenvalue weighted by molar-refractivity contribution is 0.115.